The summed E-state index contributed by atoms with van der Waals surface area (Å²) in [6, 6.07) is -0.221. The van der Waals surface area contributed by atoms with Crippen LogP contribution in [0, 0.1) is 11.3 Å². The molecular formula is C17H29IN2O3. The number of carbonyl (C=O) groups is 2. The highest BCUT2D eigenvalue weighted by Gasteiger charge is 2.53. The lowest BCUT2D eigenvalue weighted by molar-refractivity contribution is -0.127. The van der Waals surface area contributed by atoms with Gasteiger partial charge in [0, 0.05) is 10.8 Å². The summed E-state index contributed by atoms with van der Waals surface area (Å²) in [6.07, 6.45) is 1.40. The molecule has 2 aliphatic heterocycles. The van der Waals surface area contributed by atoms with Crippen molar-refractivity contribution in [3.63, 3.8) is 0 Å². The number of hydrogen-bond acceptors (Lipinski definition) is 3. The van der Waals surface area contributed by atoms with Gasteiger partial charge in [0.15, 0.2) is 0 Å². The van der Waals surface area contributed by atoms with Crippen molar-refractivity contribution in [3.8, 4) is 0 Å². The molecular weight excluding hydrogens is 407 g/mol. The number of nitrogens with zero attached hydrogens (tertiary/aromatic N) is 2. The van der Waals surface area contributed by atoms with Gasteiger partial charge in [0.2, 0.25) is 5.91 Å². The SMILES string of the molecule is CC[C@@H](C)[C@H]1COC(C)(C)N1C(=O)N1C(=O)CC(C)(C)[C@@H]1CI. The summed E-state index contributed by atoms with van der Waals surface area (Å²) in [5.74, 6) is 0.275. The lowest BCUT2D eigenvalue weighted by Gasteiger charge is -2.40. The standard InChI is InChI=1S/C17H29IN2O3/c1-7-11(2)12-10-23-17(5,6)20(12)15(22)19-13(9-18)16(3,4)8-14(19)21/h11-13H,7-10H2,1-6H3/t11-,12-,13+/m1/s1. The fourth-order valence-corrected chi connectivity index (χ4v) is 5.23. The summed E-state index contributed by atoms with van der Waals surface area (Å²) in [5.41, 5.74) is -0.849. The predicted octanol–water partition coefficient (Wildman–Crippen LogP) is 3.65. The Bertz CT molecular complexity index is 492. The van der Waals surface area contributed by atoms with Crippen molar-refractivity contribution in [2.75, 3.05) is 11.0 Å². The Kier molecular flexibility index (Phi) is 5.36. The molecule has 132 valence electrons. The summed E-state index contributed by atoms with van der Waals surface area (Å²) in [7, 11) is 0. The maximum Gasteiger partial charge on any atom is 0.329 e. The van der Waals surface area contributed by atoms with Gasteiger partial charge in [0.25, 0.3) is 0 Å². The number of urea groups is 1. The summed E-state index contributed by atoms with van der Waals surface area (Å²) >= 11 is 2.28. The minimum absolute atomic E-state index is 0.0221. The van der Waals surface area contributed by atoms with E-state index in [4.69, 9.17) is 4.74 Å². The summed E-state index contributed by atoms with van der Waals surface area (Å²) in [5, 5.41) is 0. The van der Waals surface area contributed by atoms with Crippen molar-refractivity contribution < 1.29 is 14.3 Å². The van der Waals surface area contributed by atoms with Gasteiger partial charge in [0.1, 0.15) is 5.72 Å². The third kappa shape index (κ3) is 3.25. The number of amides is 3. The van der Waals surface area contributed by atoms with Crippen LogP contribution in [0.3, 0.4) is 0 Å². The normalized spacial score (nSPS) is 30.8. The van der Waals surface area contributed by atoms with Crippen LogP contribution in [0.5, 0.6) is 0 Å². The first-order chi connectivity index (χ1) is 10.6. The average Bonchev–Trinajstić information content (AvgIpc) is 2.89. The van der Waals surface area contributed by atoms with Gasteiger partial charge in [0.05, 0.1) is 18.7 Å². The lowest BCUT2D eigenvalue weighted by atomic mass is 9.86. The van der Waals surface area contributed by atoms with Crippen LogP contribution in [0.15, 0.2) is 0 Å². The van der Waals surface area contributed by atoms with E-state index in [1.807, 2.05) is 13.8 Å². The van der Waals surface area contributed by atoms with Gasteiger partial charge in [-0.05, 0) is 25.2 Å². The van der Waals surface area contributed by atoms with E-state index in [-0.39, 0.29) is 29.4 Å². The van der Waals surface area contributed by atoms with E-state index in [1.165, 1.54) is 4.90 Å². The van der Waals surface area contributed by atoms with Crippen molar-refractivity contribution in [2.24, 2.45) is 11.3 Å². The minimum Gasteiger partial charge on any atom is -0.354 e. The highest BCUT2D eigenvalue weighted by molar-refractivity contribution is 14.1. The van der Waals surface area contributed by atoms with Crippen molar-refractivity contribution >= 4 is 34.5 Å². The molecule has 0 aliphatic carbocycles. The van der Waals surface area contributed by atoms with Crippen molar-refractivity contribution in [2.45, 2.75) is 72.2 Å². The molecule has 3 amide bonds. The van der Waals surface area contributed by atoms with Gasteiger partial charge in [-0.3, -0.25) is 14.6 Å². The molecule has 2 rings (SSSR count). The molecule has 0 aromatic heterocycles. The molecule has 0 radical (unpaired) electrons. The third-order valence-corrected chi connectivity index (χ3v) is 6.30. The number of halogens is 1. The molecule has 0 spiro atoms. The van der Waals surface area contributed by atoms with E-state index in [1.54, 1.807) is 4.90 Å². The molecule has 0 unspecified atom stereocenters. The van der Waals surface area contributed by atoms with E-state index in [9.17, 15) is 9.59 Å². The first kappa shape index (κ1) is 19.0. The molecule has 5 nitrogen and oxygen atoms in total. The number of rotatable bonds is 3. The first-order valence-corrected chi connectivity index (χ1v) is 9.94. The van der Waals surface area contributed by atoms with Crippen LogP contribution in [-0.2, 0) is 9.53 Å². The lowest BCUT2D eigenvalue weighted by Crippen LogP contribution is -2.57. The Morgan fingerprint density at radius 2 is 2.00 bits per heavy atom. The predicted molar refractivity (Wildman–Crippen MR) is 98.4 cm³/mol. The molecule has 2 aliphatic rings. The highest BCUT2D eigenvalue weighted by atomic mass is 127. The molecule has 2 saturated heterocycles. The maximum atomic E-state index is 13.3. The zero-order chi connectivity index (χ0) is 17.6. The van der Waals surface area contributed by atoms with Gasteiger partial charge < -0.3 is 4.74 Å². The third-order valence-electron chi connectivity index (χ3n) is 5.47. The van der Waals surface area contributed by atoms with Crippen LogP contribution >= 0.6 is 22.6 Å². The van der Waals surface area contributed by atoms with Crippen molar-refractivity contribution in [1.29, 1.82) is 0 Å². The van der Waals surface area contributed by atoms with Crippen LogP contribution in [-0.4, -0.2) is 50.6 Å². The number of ether oxygens (including phenoxy) is 1. The topological polar surface area (TPSA) is 49.9 Å². The molecule has 0 saturated carbocycles. The Morgan fingerprint density at radius 1 is 1.39 bits per heavy atom. The molecule has 0 aromatic carbocycles. The second-order valence-electron chi connectivity index (χ2n) is 7.96. The smallest absolute Gasteiger partial charge is 0.329 e. The Balaban J connectivity index is 2.35. The van der Waals surface area contributed by atoms with Gasteiger partial charge in [-0.25, -0.2) is 4.79 Å². The summed E-state index contributed by atoms with van der Waals surface area (Å²) in [6.45, 7) is 12.8. The first-order valence-electron chi connectivity index (χ1n) is 8.42. The summed E-state index contributed by atoms with van der Waals surface area (Å²) in [4.78, 5) is 29.2. The largest absolute Gasteiger partial charge is 0.354 e. The van der Waals surface area contributed by atoms with E-state index in [0.717, 1.165) is 10.8 Å². The molecule has 0 bridgehead atoms. The second kappa shape index (κ2) is 6.50. The van der Waals surface area contributed by atoms with Crippen molar-refractivity contribution in [1.82, 2.24) is 9.80 Å². The zero-order valence-electron chi connectivity index (χ0n) is 15.1. The van der Waals surface area contributed by atoms with E-state index >= 15 is 0 Å². The van der Waals surface area contributed by atoms with E-state index in [0.29, 0.717) is 18.9 Å². The molecule has 0 aromatic rings. The average molecular weight is 436 g/mol. The molecule has 6 heteroatoms. The summed E-state index contributed by atoms with van der Waals surface area (Å²) < 4.78 is 6.65. The quantitative estimate of drug-likeness (QED) is 0.502. The highest BCUT2D eigenvalue weighted by Crippen LogP contribution is 2.41. The van der Waals surface area contributed by atoms with Crippen molar-refractivity contribution in [3.05, 3.63) is 0 Å². The fourth-order valence-electron chi connectivity index (χ4n) is 3.65. The number of imide groups is 1. The number of hydrogen-bond donors (Lipinski definition) is 0. The number of alkyl halides is 1. The monoisotopic (exact) mass is 436 g/mol. The fraction of sp³-hybridized carbons (Fsp3) is 0.882. The molecule has 23 heavy (non-hydrogen) atoms. The Morgan fingerprint density at radius 3 is 2.52 bits per heavy atom. The van der Waals surface area contributed by atoms with Gasteiger partial charge >= 0.3 is 6.03 Å². The van der Waals surface area contributed by atoms with Gasteiger partial charge in [-0.1, -0.05) is 56.7 Å². The van der Waals surface area contributed by atoms with Crippen LogP contribution in [0.2, 0.25) is 0 Å². The maximum absolute atomic E-state index is 13.3. The van der Waals surface area contributed by atoms with Gasteiger partial charge in [-0.15, -0.1) is 0 Å². The Hall–Kier alpha value is -0.370. The van der Waals surface area contributed by atoms with E-state index < -0.39 is 5.72 Å². The van der Waals surface area contributed by atoms with Crippen LogP contribution in [0.4, 0.5) is 4.79 Å². The van der Waals surface area contributed by atoms with Crippen LogP contribution < -0.4 is 0 Å². The number of likely N-dealkylation sites (tertiary alicyclic amines) is 1. The Labute approximate surface area is 153 Å². The minimum atomic E-state index is -0.673. The molecule has 2 fully saturated rings. The number of carbonyl (C=O) groups excluding carboxylic acids is 2. The van der Waals surface area contributed by atoms with Crippen LogP contribution in [0.25, 0.3) is 0 Å². The van der Waals surface area contributed by atoms with Gasteiger partial charge in [-0.2, -0.15) is 0 Å². The molecule has 2 heterocycles. The molecule has 0 N–H and O–H groups in total. The van der Waals surface area contributed by atoms with Crippen LogP contribution in [0.1, 0.15) is 54.4 Å². The second-order valence-corrected chi connectivity index (χ2v) is 8.84. The zero-order valence-corrected chi connectivity index (χ0v) is 17.2. The molecule has 3 atom stereocenters. The van der Waals surface area contributed by atoms with E-state index in [2.05, 4.69) is 50.3 Å².